The van der Waals surface area contributed by atoms with Crippen molar-refractivity contribution in [2.45, 2.75) is 33.4 Å². The summed E-state index contributed by atoms with van der Waals surface area (Å²) in [7, 11) is 1.61. The minimum Gasteiger partial charge on any atom is -0.495 e. The number of fused-ring (bicyclic) bond motifs is 1. The van der Waals surface area contributed by atoms with Crippen LogP contribution in [0.15, 0.2) is 59.8 Å². The fourth-order valence-corrected chi connectivity index (χ4v) is 4.04. The Kier molecular flexibility index (Phi) is 6.77. The van der Waals surface area contributed by atoms with Gasteiger partial charge in [-0.2, -0.15) is 0 Å². The molecule has 0 amide bonds. The Morgan fingerprint density at radius 1 is 1.11 bits per heavy atom. The first kappa shape index (κ1) is 24.3. The van der Waals surface area contributed by atoms with Gasteiger partial charge in [-0.1, -0.05) is 25.1 Å². The Morgan fingerprint density at radius 3 is 2.60 bits per heavy atom. The second-order valence-electron chi connectivity index (χ2n) is 7.98. The molecule has 184 valence electrons. The van der Waals surface area contributed by atoms with Crippen molar-refractivity contribution in [1.82, 2.24) is 14.5 Å². The second-order valence-corrected chi connectivity index (χ2v) is 7.98. The monoisotopic (exact) mass is 482 g/mol. The Morgan fingerprint density at radius 2 is 1.91 bits per heavy atom. The van der Waals surface area contributed by atoms with Crippen LogP contribution in [0.5, 0.6) is 5.75 Å². The van der Waals surface area contributed by atoms with Gasteiger partial charge in [-0.3, -0.25) is 0 Å². The average molecular weight is 483 g/mol. The van der Waals surface area contributed by atoms with Crippen molar-refractivity contribution in [1.29, 1.82) is 0 Å². The Balaban J connectivity index is 0.00000141. The summed E-state index contributed by atoms with van der Waals surface area (Å²) in [6, 6.07) is 9.48. The highest BCUT2D eigenvalue weighted by atomic mass is 19.2. The average Bonchev–Trinajstić information content (AvgIpc) is 3.46. The molecule has 0 radical (unpaired) electrons. The predicted molar refractivity (Wildman–Crippen MR) is 129 cm³/mol. The lowest BCUT2D eigenvalue weighted by Crippen LogP contribution is -2.49. The highest BCUT2D eigenvalue weighted by molar-refractivity contribution is 6.01. The lowest BCUT2D eigenvalue weighted by Gasteiger charge is -2.37. The van der Waals surface area contributed by atoms with Gasteiger partial charge in [0.2, 0.25) is 11.6 Å². The van der Waals surface area contributed by atoms with E-state index in [0.717, 1.165) is 29.1 Å². The first-order chi connectivity index (χ1) is 16.9. The number of aryl methyl sites for hydroxylation is 1. The van der Waals surface area contributed by atoms with Crippen LogP contribution in [0.2, 0.25) is 0 Å². The van der Waals surface area contributed by atoms with Gasteiger partial charge >= 0.3 is 0 Å². The van der Waals surface area contributed by atoms with Crippen LogP contribution in [-0.4, -0.2) is 40.5 Å². The number of methoxy groups -OCH3 is 1. The molecule has 7 nitrogen and oxygen atoms in total. The summed E-state index contributed by atoms with van der Waals surface area (Å²) in [6.07, 6.45) is 5.50. The highest BCUT2D eigenvalue weighted by Gasteiger charge is 2.47. The fraction of sp³-hybridized carbons (Fsp3) is 0.308. The van der Waals surface area contributed by atoms with E-state index in [1.807, 2.05) is 60.7 Å². The summed E-state index contributed by atoms with van der Waals surface area (Å²) in [5, 5.41) is 4.22. The van der Waals surface area contributed by atoms with Gasteiger partial charge < -0.3 is 23.8 Å². The molecule has 0 saturated carbocycles. The molecule has 1 fully saturated rings. The van der Waals surface area contributed by atoms with Crippen LogP contribution in [0.25, 0.3) is 11.8 Å². The molecule has 2 aromatic carbocycles. The fourth-order valence-electron chi connectivity index (χ4n) is 4.04. The first-order valence-corrected chi connectivity index (χ1v) is 11.4. The smallest absolute Gasteiger partial charge is 0.234 e. The SMILES string of the molecule is CC.COc1cc(/C=C2\OCCN3C2=NOC3(C)c2ccc(F)c(F)c2)ccc1-n1cnc(C)c1. The molecule has 1 aromatic heterocycles. The van der Waals surface area contributed by atoms with Crippen LogP contribution in [0, 0.1) is 18.6 Å². The third kappa shape index (κ3) is 4.45. The molecule has 2 aliphatic rings. The lowest BCUT2D eigenvalue weighted by atomic mass is 10.0. The van der Waals surface area contributed by atoms with Crippen molar-refractivity contribution in [3.8, 4) is 11.4 Å². The number of oxime groups is 1. The van der Waals surface area contributed by atoms with Crippen molar-refractivity contribution in [2.75, 3.05) is 20.3 Å². The number of rotatable bonds is 4. The molecule has 3 aromatic rings. The normalized spacial score (nSPS) is 19.8. The van der Waals surface area contributed by atoms with Gasteiger partial charge in [-0.15, -0.1) is 0 Å². The number of halogens is 2. The van der Waals surface area contributed by atoms with Crippen LogP contribution in [-0.2, 0) is 15.3 Å². The van der Waals surface area contributed by atoms with E-state index in [4.69, 9.17) is 14.3 Å². The number of benzene rings is 2. The third-order valence-corrected chi connectivity index (χ3v) is 5.82. The number of hydrogen-bond acceptors (Lipinski definition) is 6. The quantitative estimate of drug-likeness (QED) is 0.500. The molecule has 0 bridgehead atoms. The number of hydrogen-bond donors (Lipinski definition) is 0. The molecule has 1 unspecified atom stereocenters. The standard InChI is InChI=1S/C24H22F2N4O3.C2H6/c1-15-13-29(14-27-15)20-7-4-16(10-21(20)31-3)11-22-23-28-33-24(2,30(23)8-9-32-22)17-5-6-18(25)19(26)12-17;1-2/h4-7,10-14H,8-9H2,1-3H3;1-2H3/b22-11-;. The van der Waals surface area contributed by atoms with E-state index in [-0.39, 0.29) is 0 Å². The van der Waals surface area contributed by atoms with Crippen molar-refractivity contribution in [2.24, 2.45) is 5.16 Å². The molecule has 1 saturated heterocycles. The number of aromatic nitrogens is 2. The van der Waals surface area contributed by atoms with E-state index in [9.17, 15) is 8.78 Å². The minimum absolute atomic E-state index is 0.386. The molecular weight excluding hydrogens is 454 g/mol. The lowest BCUT2D eigenvalue weighted by molar-refractivity contribution is -0.0969. The summed E-state index contributed by atoms with van der Waals surface area (Å²) in [5.41, 5.74) is 1.99. The van der Waals surface area contributed by atoms with E-state index < -0.39 is 17.4 Å². The van der Waals surface area contributed by atoms with Gasteiger partial charge in [0.1, 0.15) is 12.4 Å². The summed E-state index contributed by atoms with van der Waals surface area (Å²) in [4.78, 5) is 11.9. The first-order valence-electron chi connectivity index (χ1n) is 11.4. The van der Waals surface area contributed by atoms with Crippen molar-refractivity contribution in [3.63, 3.8) is 0 Å². The van der Waals surface area contributed by atoms with Crippen LogP contribution >= 0.6 is 0 Å². The zero-order chi connectivity index (χ0) is 25.2. The molecule has 0 aliphatic carbocycles. The molecule has 5 rings (SSSR count). The van der Waals surface area contributed by atoms with Crippen LogP contribution < -0.4 is 4.74 Å². The molecule has 0 spiro atoms. The van der Waals surface area contributed by atoms with E-state index in [0.29, 0.717) is 36.1 Å². The number of morpholine rings is 1. The summed E-state index contributed by atoms with van der Waals surface area (Å²) < 4.78 is 40.7. The Labute approximate surface area is 203 Å². The Hall–Kier alpha value is -3.88. The van der Waals surface area contributed by atoms with E-state index in [2.05, 4.69) is 10.1 Å². The van der Waals surface area contributed by atoms with Gasteiger partial charge in [0, 0.05) is 18.7 Å². The van der Waals surface area contributed by atoms with Crippen LogP contribution in [0.4, 0.5) is 8.78 Å². The van der Waals surface area contributed by atoms with Gasteiger partial charge in [0.05, 0.1) is 31.4 Å². The van der Waals surface area contributed by atoms with Crippen LogP contribution in [0.1, 0.15) is 37.6 Å². The van der Waals surface area contributed by atoms with E-state index in [1.165, 1.54) is 6.07 Å². The van der Waals surface area contributed by atoms with E-state index >= 15 is 0 Å². The third-order valence-electron chi connectivity index (χ3n) is 5.82. The maximum Gasteiger partial charge on any atom is 0.234 e. The highest BCUT2D eigenvalue weighted by Crippen LogP contribution is 2.39. The predicted octanol–water partition coefficient (Wildman–Crippen LogP) is 5.38. The number of nitrogens with zero attached hydrogens (tertiary/aromatic N) is 4. The number of imidazole rings is 1. The maximum atomic E-state index is 13.9. The zero-order valence-corrected chi connectivity index (χ0v) is 20.4. The van der Waals surface area contributed by atoms with Gasteiger partial charge in [-0.25, -0.2) is 13.8 Å². The van der Waals surface area contributed by atoms with Gasteiger partial charge in [0.25, 0.3) is 0 Å². The maximum absolute atomic E-state index is 13.9. The molecular formula is C26H28F2N4O3. The number of ether oxygens (including phenoxy) is 2. The van der Waals surface area contributed by atoms with Crippen LogP contribution in [0.3, 0.4) is 0 Å². The Bertz CT molecular complexity index is 1290. The molecule has 2 aliphatic heterocycles. The summed E-state index contributed by atoms with van der Waals surface area (Å²) in [6.45, 7) is 8.56. The van der Waals surface area contributed by atoms with Gasteiger partial charge in [-0.05, 0) is 48.9 Å². The molecule has 9 heteroatoms. The van der Waals surface area contributed by atoms with Gasteiger partial charge in [0.15, 0.2) is 17.4 Å². The largest absolute Gasteiger partial charge is 0.495 e. The molecule has 0 N–H and O–H groups in total. The summed E-state index contributed by atoms with van der Waals surface area (Å²) in [5.74, 6) is -0.171. The zero-order valence-electron chi connectivity index (χ0n) is 20.4. The molecule has 1 atom stereocenters. The van der Waals surface area contributed by atoms with Crippen molar-refractivity contribution in [3.05, 3.63) is 83.1 Å². The minimum atomic E-state index is -1.08. The van der Waals surface area contributed by atoms with Crippen molar-refractivity contribution >= 4 is 11.9 Å². The molecule has 3 heterocycles. The summed E-state index contributed by atoms with van der Waals surface area (Å²) >= 11 is 0. The number of amidine groups is 1. The van der Waals surface area contributed by atoms with Crippen molar-refractivity contribution < 1.29 is 23.1 Å². The molecule has 35 heavy (non-hydrogen) atoms. The topological polar surface area (TPSA) is 61.1 Å². The second kappa shape index (κ2) is 9.77. The van der Waals surface area contributed by atoms with E-state index in [1.54, 1.807) is 20.4 Å².